The van der Waals surface area contributed by atoms with E-state index in [0.717, 1.165) is 0 Å². The molecule has 0 unspecified atom stereocenters. The second kappa shape index (κ2) is 5.23. The molecule has 0 aliphatic heterocycles. The molecule has 1 rings (SSSR count). The number of rotatable bonds is 4. The SMILES string of the molecule is COc1ccc([C@@H](C)O)c(OCC#N)c1. The van der Waals surface area contributed by atoms with Crippen LogP contribution in [0.3, 0.4) is 0 Å². The van der Waals surface area contributed by atoms with Gasteiger partial charge in [0.25, 0.3) is 0 Å². The van der Waals surface area contributed by atoms with Crippen LogP contribution in [0.4, 0.5) is 0 Å². The third-order valence-electron chi connectivity index (χ3n) is 1.96. The van der Waals surface area contributed by atoms with Crippen molar-refractivity contribution in [1.29, 1.82) is 5.26 Å². The summed E-state index contributed by atoms with van der Waals surface area (Å²) in [5.74, 6) is 1.11. The Balaban J connectivity index is 3.00. The van der Waals surface area contributed by atoms with E-state index < -0.39 is 6.10 Å². The molecule has 4 nitrogen and oxygen atoms in total. The van der Waals surface area contributed by atoms with Gasteiger partial charge < -0.3 is 14.6 Å². The van der Waals surface area contributed by atoms with E-state index in [1.54, 1.807) is 32.2 Å². The van der Waals surface area contributed by atoms with Gasteiger partial charge in [0.1, 0.15) is 17.6 Å². The van der Waals surface area contributed by atoms with Crippen LogP contribution < -0.4 is 9.47 Å². The number of ether oxygens (including phenoxy) is 2. The van der Waals surface area contributed by atoms with Crippen molar-refractivity contribution in [3.05, 3.63) is 23.8 Å². The Kier molecular flexibility index (Phi) is 3.95. The fraction of sp³-hybridized carbons (Fsp3) is 0.364. The molecule has 0 aromatic heterocycles. The second-order valence-electron chi connectivity index (χ2n) is 3.03. The van der Waals surface area contributed by atoms with E-state index in [1.165, 1.54) is 0 Å². The Morgan fingerprint density at radius 2 is 2.27 bits per heavy atom. The fourth-order valence-corrected chi connectivity index (χ4v) is 1.22. The predicted octanol–water partition coefficient (Wildman–Crippen LogP) is 1.65. The smallest absolute Gasteiger partial charge is 0.174 e. The summed E-state index contributed by atoms with van der Waals surface area (Å²) in [5, 5.41) is 17.9. The molecule has 0 radical (unpaired) electrons. The van der Waals surface area contributed by atoms with Gasteiger partial charge in [-0.25, -0.2) is 0 Å². The number of methoxy groups -OCH3 is 1. The van der Waals surface area contributed by atoms with Crippen molar-refractivity contribution in [2.75, 3.05) is 13.7 Å². The number of hydrogen-bond acceptors (Lipinski definition) is 4. The third kappa shape index (κ3) is 2.86. The van der Waals surface area contributed by atoms with Crippen LogP contribution in [-0.4, -0.2) is 18.8 Å². The first-order valence-electron chi connectivity index (χ1n) is 4.54. The Bertz CT molecular complexity index is 369. The van der Waals surface area contributed by atoms with Crippen molar-refractivity contribution < 1.29 is 14.6 Å². The summed E-state index contributed by atoms with van der Waals surface area (Å²) in [5.41, 5.74) is 0.644. The Hall–Kier alpha value is -1.73. The topological polar surface area (TPSA) is 62.5 Å². The lowest BCUT2D eigenvalue weighted by atomic mass is 10.1. The largest absolute Gasteiger partial charge is 0.497 e. The number of nitrogens with zero attached hydrogens (tertiary/aromatic N) is 1. The number of hydrogen-bond donors (Lipinski definition) is 1. The summed E-state index contributed by atoms with van der Waals surface area (Å²) in [6.07, 6.45) is -0.635. The minimum Gasteiger partial charge on any atom is -0.497 e. The van der Waals surface area contributed by atoms with E-state index in [-0.39, 0.29) is 6.61 Å². The normalized spacial score (nSPS) is 11.6. The van der Waals surface area contributed by atoms with E-state index in [2.05, 4.69) is 0 Å². The Morgan fingerprint density at radius 1 is 1.53 bits per heavy atom. The van der Waals surface area contributed by atoms with Gasteiger partial charge in [0.2, 0.25) is 0 Å². The average Bonchev–Trinajstić information content (AvgIpc) is 2.25. The van der Waals surface area contributed by atoms with Crippen LogP contribution in [0.1, 0.15) is 18.6 Å². The van der Waals surface area contributed by atoms with Crippen molar-refractivity contribution in [2.24, 2.45) is 0 Å². The van der Waals surface area contributed by atoms with Crippen LogP contribution in [-0.2, 0) is 0 Å². The molecule has 0 aliphatic carbocycles. The van der Waals surface area contributed by atoms with Crippen LogP contribution in [0.25, 0.3) is 0 Å². The molecule has 4 heteroatoms. The van der Waals surface area contributed by atoms with Crippen molar-refractivity contribution in [3.8, 4) is 17.6 Å². The fourth-order valence-electron chi connectivity index (χ4n) is 1.22. The Morgan fingerprint density at radius 3 is 2.80 bits per heavy atom. The van der Waals surface area contributed by atoms with Crippen molar-refractivity contribution >= 4 is 0 Å². The van der Waals surface area contributed by atoms with Gasteiger partial charge in [0.05, 0.1) is 13.2 Å². The summed E-state index contributed by atoms with van der Waals surface area (Å²) in [7, 11) is 1.55. The molecule has 0 fully saturated rings. The molecule has 0 bridgehead atoms. The summed E-state index contributed by atoms with van der Waals surface area (Å²) in [6.45, 7) is 1.59. The molecule has 15 heavy (non-hydrogen) atoms. The molecule has 0 amide bonds. The molecule has 0 saturated heterocycles. The van der Waals surface area contributed by atoms with Crippen LogP contribution in [0.15, 0.2) is 18.2 Å². The maximum absolute atomic E-state index is 9.46. The van der Waals surface area contributed by atoms with Gasteiger partial charge in [-0.05, 0) is 19.1 Å². The first kappa shape index (κ1) is 11.3. The third-order valence-corrected chi connectivity index (χ3v) is 1.96. The maximum atomic E-state index is 9.46. The monoisotopic (exact) mass is 207 g/mol. The first-order valence-corrected chi connectivity index (χ1v) is 4.54. The van der Waals surface area contributed by atoms with Crippen molar-refractivity contribution in [1.82, 2.24) is 0 Å². The summed E-state index contributed by atoms with van der Waals surface area (Å²) < 4.78 is 10.2. The molecule has 0 aliphatic rings. The molecular formula is C11H13NO3. The van der Waals surface area contributed by atoms with E-state index in [9.17, 15) is 5.11 Å². The molecule has 1 atom stereocenters. The second-order valence-corrected chi connectivity index (χ2v) is 3.03. The minimum atomic E-state index is -0.635. The number of nitriles is 1. The summed E-state index contributed by atoms with van der Waals surface area (Å²) in [4.78, 5) is 0. The van der Waals surface area contributed by atoms with E-state index in [4.69, 9.17) is 14.7 Å². The highest BCUT2D eigenvalue weighted by Gasteiger charge is 2.10. The van der Waals surface area contributed by atoms with E-state index >= 15 is 0 Å². The van der Waals surface area contributed by atoms with Gasteiger partial charge in [-0.1, -0.05) is 0 Å². The lowest BCUT2D eigenvalue weighted by molar-refractivity contribution is 0.193. The number of aliphatic hydroxyl groups excluding tert-OH is 1. The van der Waals surface area contributed by atoms with Gasteiger partial charge in [-0.2, -0.15) is 5.26 Å². The molecule has 1 N–H and O–H groups in total. The van der Waals surface area contributed by atoms with Crippen LogP contribution in [0.2, 0.25) is 0 Å². The summed E-state index contributed by atoms with van der Waals surface area (Å²) in [6, 6.07) is 6.98. The highest BCUT2D eigenvalue weighted by atomic mass is 16.5. The van der Waals surface area contributed by atoms with Crippen LogP contribution >= 0.6 is 0 Å². The summed E-state index contributed by atoms with van der Waals surface area (Å²) >= 11 is 0. The molecule has 1 aromatic rings. The zero-order chi connectivity index (χ0) is 11.3. The first-order chi connectivity index (χ1) is 7.19. The van der Waals surface area contributed by atoms with Crippen molar-refractivity contribution in [2.45, 2.75) is 13.0 Å². The minimum absolute atomic E-state index is 0.0487. The quantitative estimate of drug-likeness (QED) is 0.815. The molecular weight excluding hydrogens is 194 g/mol. The molecule has 80 valence electrons. The lowest BCUT2D eigenvalue weighted by Crippen LogP contribution is -2.01. The van der Waals surface area contributed by atoms with Gasteiger partial charge in [0, 0.05) is 11.6 Å². The predicted molar refractivity (Wildman–Crippen MR) is 54.7 cm³/mol. The molecule has 0 heterocycles. The number of aliphatic hydroxyl groups is 1. The maximum Gasteiger partial charge on any atom is 0.174 e. The van der Waals surface area contributed by atoms with Crippen LogP contribution in [0, 0.1) is 11.3 Å². The Labute approximate surface area is 88.7 Å². The van der Waals surface area contributed by atoms with Gasteiger partial charge >= 0.3 is 0 Å². The zero-order valence-corrected chi connectivity index (χ0v) is 8.73. The highest BCUT2D eigenvalue weighted by molar-refractivity contribution is 5.41. The van der Waals surface area contributed by atoms with Gasteiger partial charge in [-0.15, -0.1) is 0 Å². The standard InChI is InChI=1S/C11H13NO3/c1-8(13)10-4-3-9(14-2)7-11(10)15-6-5-12/h3-4,7-8,13H,6H2,1-2H3/t8-/m1/s1. The average molecular weight is 207 g/mol. The molecule has 0 saturated carbocycles. The lowest BCUT2D eigenvalue weighted by Gasteiger charge is -2.12. The number of benzene rings is 1. The van der Waals surface area contributed by atoms with E-state index in [0.29, 0.717) is 17.1 Å². The van der Waals surface area contributed by atoms with E-state index in [1.807, 2.05) is 6.07 Å². The zero-order valence-electron chi connectivity index (χ0n) is 8.73. The van der Waals surface area contributed by atoms with Gasteiger partial charge in [-0.3, -0.25) is 0 Å². The highest BCUT2D eigenvalue weighted by Crippen LogP contribution is 2.29. The van der Waals surface area contributed by atoms with Crippen molar-refractivity contribution in [3.63, 3.8) is 0 Å². The molecule has 0 spiro atoms. The molecule has 1 aromatic carbocycles. The van der Waals surface area contributed by atoms with Crippen LogP contribution in [0.5, 0.6) is 11.5 Å². The van der Waals surface area contributed by atoms with Gasteiger partial charge in [0.15, 0.2) is 6.61 Å².